The quantitative estimate of drug-likeness (QED) is 0.655. The van der Waals surface area contributed by atoms with E-state index in [1.165, 1.54) is 71.1 Å². The van der Waals surface area contributed by atoms with Crippen LogP contribution >= 0.6 is 0 Å². The third-order valence-electron chi connectivity index (χ3n) is 4.57. The molecule has 2 nitrogen and oxygen atoms in total. The van der Waals surface area contributed by atoms with E-state index in [4.69, 9.17) is 0 Å². The van der Waals surface area contributed by atoms with E-state index in [9.17, 15) is 0 Å². The van der Waals surface area contributed by atoms with E-state index >= 15 is 0 Å². The van der Waals surface area contributed by atoms with Gasteiger partial charge in [0.15, 0.2) is 0 Å². The number of piperidine rings is 1. The van der Waals surface area contributed by atoms with Gasteiger partial charge in [0.05, 0.1) is 0 Å². The number of nitrogens with one attached hydrogen (secondary N) is 1. The van der Waals surface area contributed by atoms with Gasteiger partial charge in [-0.2, -0.15) is 0 Å². The molecule has 0 unspecified atom stereocenters. The van der Waals surface area contributed by atoms with Crippen LogP contribution in [0.25, 0.3) is 0 Å². The molecule has 1 saturated heterocycles. The van der Waals surface area contributed by atoms with Gasteiger partial charge in [-0.15, -0.1) is 0 Å². The van der Waals surface area contributed by atoms with Crippen molar-refractivity contribution in [1.29, 1.82) is 0 Å². The second-order valence-corrected chi connectivity index (χ2v) is 6.02. The summed E-state index contributed by atoms with van der Waals surface area (Å²) < 4.78 is 0. The van der Waals surface area contributed by atoms with Crippen LogP contribution in [0.4, 0.5) is 0 Å². The standard InChI is InChI=1S/C15H32N2/c1-4-15(2)9-13-17(14-10-15)12-8-6-5-7-11-16-3/h16H,4-14H2,1-3H3. The van der Waals surface area contributed by atoms with Crippen LogP contribution in [0.5, 0.6) is 0 Å². The summed E-state index contributed by atoms with van der Waals surface area (Å²) in [5, 5.41) is 3.21. The van der Waals surface area contributed by atoms with Gasteiger partial charge in [0.25, 0.3) is 0 Å². The summed E-state index contributed by atoms with van der Waals surface area (Å²) in [5.74, 6) is 0. The Balaban J connectivity index is 1.99. The lowest BCUT2D eigenvalue weighted by Crippen LogP contribution is -2.38. The predicted octanol–water partition coefficient (Wildman–Crippen LogP) is 3.28. The number of nitrogens with zero attached hydrogens (tertiary/aromatic N) is 1. The highest BCUT2D eigenvalue weighted by atomic mass is 15.1. The molecule has 1 aliphatic heterocycles. The Hall–Kier alpha value is -0.0800. The smallest absolute Gasteiger partial charge is 0.00135 e. The number of hydrogen-bond donors (Lipinski definition) is 1. The zero-order valence-electron chi connectivity index (χ0n) is 12.2. The fourth-order valence-electron chi connectivity index (χ4n) is 2.66. The van der Waals surface area contributed by atoms with Crippen LogP contribution in [0.2, 0.25) is 0 Å². The summed E-state index contributed by atoms with van der Waals surface area (Å²) in [6.45, 7) is 9.99. The number of hydrogen-bond acceptors (Lipinski definition) is 2. The zero-order chi connectivity index (χ0) is 12.6. The third-order valence-corrected chi connectivity index (χ3v) is 4.57. The fraction of sp³-hybridized carbons (Fsp3) is 1.00. The van der Waals surface area contributed by atoms with Gasteiger partial charge in [0.1, 0.15) is 0 Å². The first-order valence-electron chi connectivity index (χ1n) is 7.57. The average molecular weight is 240 g/mol. The molecular weight excluding hydrogens is 208 g/mol. The topological polar surface area (TPSA) is 15.3 Å². The van der Waals surface area contributed by atoms with Gasteiger partial charge >= 0.3 is 0 Å². The van der Waals surface area contributed by atoms with Gasteiger partial charge in [0, 0.05) is 0 Å². The van der Waals surface area contributed by atoms with Gasteiger partial charge in [-0.05, 0) is 64.3 Å². The van der Waals surface area contributed by atoms with Gasteiger partial charge in [-0.1, -0.05) is 33.1 Å². The molecule has 0 aromatic rings. The van der Waals surface area contributed by atoms with E-state index in [1.807, 2.05) is 7.05 Å². The van der Waals surface area contributed by atoms with Crippen molar-refractivity contribution < 1.29 is 0 Å². The first-order valence-corrected chi connectivity index (χ1v) is 7.57. The lowest BCUT2D eigenvalue weighted by Gasteiger charge is -2.39. The summed E-state index contributed by atoms with van der Waals surface area (Å²) in [5.41, 5.74) is 0.642. The molecule has 0 amide bonds. The monoisotopic (exact) mass is 240 g/mol. The fourth-order valence-corrected chi connectivity index (χ4v) is 2.66. The molecule has 2 heteroatoms. The van der Waals surface area contributed by atoms with Gasteiger partial charge in [0.2, 0.25) is 0 Å². The van der Waals surface area contributed by atoms with Gasteiger partial charge in [-0.3, -0.25) is 0 Å². The molecule has 1 rings (SSSR count). The van der Waals surface area contributed by atoms with Crippen LogP contribution in [0.15, 0.2) is 0 Å². The van der Waals surface area contributed by atoms with E-state index in [1.54, 1.807) is 0 Å². The Kier molecular flexibility index (Phi) is 7.14. The van der Waals surface area contributed by atoms with Gasteiger partial charge in [-0.25, -0.2) is 0 Å². The van der Waals surface area contributed by atoms with Crippen molar-refractivity contribution >= 4 is 0 Å². The lowest BCUT2D eigenvalue weighted by molar-refractivity contribution is 0.113. The second-order valence-electron chi connectivity index (χ2n) is 6.02. The van der Waals surface area contributed by atoms with Crippen molar-refractivity contribution in [2.75, 3.05) is 33.2 Å². The van der Waals surface area contributed by atoms with Crippen molar-refractivity contribution in [3.05, 3.63) is 0 Å². The van der Waals surface area contributed by atoms with Crippen molar-refractivity contribution in [2.45, 2.75) is 58.8 Å². The molecule has 0 atom stereocenters. The Labute approximate surface area is 108 Å². The highest BCUT2D eigenvalue weighted by Gasteiger charge is 2.27. The van der Waals surface area contributed by atoms with Crippen molar-refractivity contribution in [3.8, 4) is 0 Å². The molecule has 17 heavy (non-hydrogen) atoms. The minimum absolute atomic E-state index is 0.642. The highest BCUT2D eigenvalue weighted by Crippen LogP contribution is 2.33. The van der Waals surface area contributed by atoms with Crippen molar-refractivity contribution in [2.24, 2.45) is 5.41 Å². The Bertz CT molecular complexity index is 183. The largest absolute Gasteiger partial charge is 0.320 e. The molecule has 0 radical (unpaired) electrons. The minimum Gasteiger partial charge on any atom is -0.320 e. The maximum atomic E-state index is 3.21. The minimum atomic E-state index is 0.642. The van der Waals surface area contributed by atoms with E-state index in [-0.39, 0.29) is 0 Å². The van der Waals surface area contributed by atoms with Crippen LogP contribution in [-0.2, 0) is 0 Å². The number of unbranched alkanes of at least 4 members (excludes halogenated alkanes) is 3. The molecule has 1 heterocycles. The maximum absolute atomic E-state index is 3.21. The lowest BCUT2D eigenvalue weighted by atomic mass is 9.78. The Morgan fingerprint density at radius 3 is 2.29 bits per heavy atom. The van der Waals surface area contributed by atoms with Crippen LogP contribution in [0.3, 0.4) is 0 Å². The highest BCUT2D eigenvalue weighted by molar-refractivity contribution is 4.81. The molecule has 1 fully saturated rings. The van der Waals surface area contributed by atoms with E-state index in [2.05, 4.69) is 24.1 Å². The van der Waals surface area contributed by atoms with Crippen LogP contribution in [0.1, 0.15) is 58.8 Å². The molecule has 102 valence electrons. The van der Waals surface area contributed by atoms with Crippen molar-refractivity contribution in [1.82, 2.24) is 10.2 Å². The SMILES string of the molecule is CCC1(C)CCN(CCCCCCNC)CC1. The number of likely N-dealkylation sites (tertiary alicyclic amines) is 1. The second kappa shape index (κ2) is 8.10. The molecule has 1 N–H and O–H groups in total. The van der Waals surface area contributed by atoms with E-state index in [0.717, 1.165) is 0 Å². The first kappa shape index (κ1) is 15.0. The summed E-state index contributed by atoms with van der Waals surface area (Å²) in [7, 11) is 2.04. The van der Waals surface area contributed by atoms with Crippen LogP contribution in [0, 0.1) is 5.41 Å². The molecule has 1 aliphatic rings. The van der Waals surface area contributed by atoms with Crippen molar-refractivity contribution in [3.63, 3.8) is 0 Å². The molecule has 0 spiro atoms. The molecular formula is C15H32N2. The van der Waals surface area contributed by atoms with Crippen LogP contribution in [-0.4, -0.2) is 38.1 Å². The summed E-state index contributed by atoms with van der Waals surface area (Å²) >= 11 is 0. The molecule has 0 saturated carbocycles. The summed E-state index contributed by atoms with van der Waals surface area (Å²) in [6, 6.07) is 0. The normalized spacial score (nSPS) is 20.6. The average Bonchev–Trinajstić information content (AvgIpc) is 2.36. The van der Waals surface area contributed by atoms with Crippen LogP contribution < -0.4 is 5.32 Å². The molecule has 0 bridgehead atoms. The Morgan fingerprint density at radius 2 is 1.71 bits per heavy atom. The van der Waals surface area contributed by atoms with Gasteiger partial charge < -0.3 is 10.2 Å². The third kappa shape index (κ3) is 5.87. The number of rotatable bonds is 8. The molecule has 0 aromatic heterocycles. The molecule has 0 aliphatic carbocycles. The maximum Gasteiger partial charge on any atom is -0.00135 e. The van der Waals surface area contributed by atoms with E-state index < -0.39 is 0 Å². The predicted molar refractivity (Wildman–Crippen MR) is 76.5 cm³/mol. The summed E-state index contributed by atoms with van der Waals surface area (Å²) in [4.78, 5) is 2.68. The molecule has 0 aromatic carbocycles. The summed E-state index contributed by atoms with van der Waals surface area (Å²) in [6.07, 6.45) is 9.69. The first-order chi connectivity index (χ1) is 8.20. The Morgan fingerprint density at radius 1 is 1.06 bits per heavy atom. The zero-order valence-corrected chi connectivity index (χ0v) is 12.2. The van der Waals surface area contributed by atoms with E-state index in [0.29, 0.717) is 5.41 Å².